The first-order valence-corrected chi connectivity index (χ1v) is 7.51. The Bertz CT molecular complexity index is 615. The predicted octanol–water partition coefficient (Wildman–Crippen LogP) is 4.33. The Kier molecular flexibility index (Phi) is 4.33. The van der Waals surface area contributed by atoms with Gasteiger partial charge in [0.2, 0.25) is 0 Å². The molecule has 1 aromatic carbocycles. The summed E-state index contributed by atoms with van der Waals surface area (Å²) < 4.78 is 2.18. The number of halogens is 2. The molecule has 0 N–H and O–H groups in total. The summed E-state index contributed by atoms with van der Waals surface area (Å²) in [6.07, 6.45) is 0. The van der Waals surface area contributed by atoms with Gasteiger partial charge in [0.15, 0.2) is 0 Å². The van der Waals surface area contributed by atoms with Gasteiger partial charge in [-0.3, -0.25) is 0 Å². The molecule has 1 atom stereocenters. The third-order valence-corrected chi connectivity index (χ3v) is 4.37. The molecule has 0 amide bonds. The fraction of sp³-hybridized carbons (Fsp3) is 0.533. The van der Waals surface area contributed by atoms with Crippen LogP contribution in [0.4, 0.5) is 0 Å². The van der Waals surface area contributed by atoms with E-state index in [4.69, 9.17) is 23.2 Å². The zero-order valence-corrected chi connectivity index (χ0v) is 14.1. The van der Waals surface area contributed by atoms with Gasteiger partial charge >= 0.3 is 0 Å². The minimum atomic E-state index is -0.156. The topological polar surface area (TPSA) is 21.1 Å². The number of benzene rings is 1. The Labute approximate surface area is 130 Å². The normalized spacial score (nSPS) is 14.2. The molecule has 110 valence electrons. The molecule has 1 aromatic heterocycles. The number of para-hydroxylation sites is 1. The number of rotatable bonds is 4. The highest BCUT2D eigenvalue weighted by atomic mass is 35.5. The second-order valence-corrected chi connectivity index (χ2v) is 7.05. The molecule has 0 saturated carbocycles. The van der Waals surface area contributed by atoms with Crippen molar-refractivity contribution in [3.05, 3.63) is 29.0 Å². The molecule has 20 heavy (non-hydrogen) atoms. The number of hydrogen-bond acceptors (Lipinski definition) is 2. The maximum Gasteiger partial charge on any atom is 0.127 e. The second kappa shape index (κ2) is 5.55. The van der Waals surface area contributed by atoms with Crippen LogP contribution >= 0.6 is 23.2 Å². The van der Waals surface area contributed by atoms with Crippen LogP contribution in [0.25, 0.3) is 11.0 Å². The van der Waals surface area contributed by atoms with Crippen LogP contribution in [0.5, 0.6) is 0 Å². The molecular formula is C15H21Cl2N3. The number of fused-ring (bicyclic) bond motifs is 1. The third kappa shape index (κ3) is 2.80. The Balaban J connectivity index is 2.61. The van der Waals surface area contributed by atoms with Crippen molar-refractivity contribution in [2.24, 2.45) is 0 Å². The summed E-state index contributed by atoms with van der Waals surface area (Å²) in [5.74, 6) is 0.865. The zero-order chi connectivity index (χ0) is 15.1. The van der Waals surface area contributed by atoms with Crippen molar-refractivity contribution in [3.8, 4) is 0 Å². The Morgan fingerprint density at radius 3 is 2.55 bits per heavy atom. The first-order valence-electron chi connectivity index (χ1n) is 6.70. The lowest BCUT2D eigenvalue weighted by atomic mass is 10.0. The quantitative estimate of drug-likeness (QED) is 0.783. The molecule has 0 spiro atoms. The van der Waals surface area contributed by atoms with Crippen LogP contribution in [-0.2, 0) is 6.54 Å². The smallest absolute Gasteiger partial charge is 0.127 e. The van der Waals surface area contributed by atoms with E-state index in [9.17, 15) is 0 Å². The monoisotopic (exact) mass is 313 g/mol. The lowest BCUT2D eigenvalue weighted by Gasteiger charge is -2.33. The summed E-state index contributed by atoms with van der Waals surface area (Å²) in [6, 6.07) is 5.86. The van der Waals surface area contributed by atoms with Crippen molar-refractivity contribution < 1.29 is 0 Å². The largest absolute Gasteiger partial charge is 0.325 e. The van der Waals surface area contributed by atoms with E-state index in [0.29, 0.717) is 5.02 Å². The van der Waals surface area contributed by atoms with E-state index in [-0.39, 0.29) is 10.9 Å². The minimum Gasteiger partial charge on any atom is -0.325 e. The number of hydrogen-bond donors (Lipinski definition) is 0. The lowest BCUT2D eigenvalue weighted by Crippen LogP contribution is -2.42. The Hall–Kier alpha value is -0.770. The summed E-state index contributed by atoms with van der Waals surface area (Å²) in [7, 11) is 4.16. The zero-order valence-electron chi connectivity index (χ0n) is 12.6. The highest BCUT2D eigenvalue weighted by Gasteiger charge is 2.25. The number of nitrogens with zero attached hydrogens (tertiary/aromatic N) is 3. The molecule has 0 saturated heterocycles. The molecule has 2 rings (SSSR count). The molecule has 0 fully saturated rings. The maximum atomic E-state index is 6.30. The second-order valence-electron chi connectivity index (χ2n) is 5.99. The molecular weight excluding hydrogens is 293 g/mol. The summed E-state index contributed by atoms with van der Waals surface area (Å²) in [4.78, 5) is 6.84. The van der Waals surface area contributed by atoms with E-state index in [2.05, 4.69) is 42.4 Å². The van der Waals surface area contributed by atoms with Gasteiger partial charge in [0.1, 0.15) is 11.3 Å². The van der Waals surface area contributed by atoms with Gasteiger partial charge in [0.05, 0.1) is 15.9 Å². The molecule has 2 aromatic rings. The number of imidazole rings is 1. The fourth-order valence-electron chi connectivity index (χ4n) is 2.13. The van der Waals surface area contributed by atoms with Crippen LogP contribution in [0, 0.1) is 0 Å². The van der Waals surface area contributed by atoms with Crippen molar-refractivity contribution in [1.29, 1.82) is 0 Å². The molecule has 5 heteroatoms. The minimum absolute atomic E-state index is 0.00350. The van der Waals surface area contributed by atoms with E-state index in [0.717, 1.165) is 23.4 Å². The van der Waals surface area contributed by atoms with Crippen LogP contribution in [0.15, 0.2) is 18.2 Å². The summed E-state index contributed by atoms with van der Waals surface area (Å²) >= 11 is 12.6. The van der Waals surface area contributed by atoms with Gasteiger partial charge in [0.25, 0.3) is 0 Å². The molecule has 0 bridgehead atoms. The van der Waals surface area contributed by atoms with Crippen molar-refractivity contribution in [1.82, 2.24) is 14.5 Å². The molecule has 0 aliphatic rings. The van der Waals surface area contributed by atoms with Crippen LogP contribution < -0.4 is 0 Å². The molecule has 0 aliphatic heterocycles. The van der Waals surface area contributed by atoms with Gasteiger partial charge in [-0.15, -0.1) is 11.6 Å². The van der Waals surface area contributed by atoms with E-state index in [1.165, 1.54) is 0 Å². The molecule has 0 aliphatic carbocycles. The lowest BCUT2D eigenvalue weighted by molar-refractivity contribution is 0.170. The van der Waals surface area contributed by atoms with E-state index >= 15 is 0 Å². The first kappa shape index (κ1) is 15.6. The highest BCUT2D eigenvalue weighted by molar-refractivity contribution is 6.35. The summed E-state index contributed by atoms with van der Waals surface area (Å²) in [5, 5.41) is 0.513. The van der Waals surface area contributed by atoms with Gasteiger partial charge in [-0.2, -0.15) is 0 Å². The number of likely N-dealkylation sites (N-methyl/N-ethyl adjacent to an activating group) is 1. The standard InChI is InChI=1S/C15H21Cl2N3/c1-10(16)14-18-13-11(17)7-6-8-12(13)20(14)9-15(2,3)19(4)5/h6-8,10H,9H2,1-5H3. The van der Waals surface area contributed by atoms with Gasteiger partial charge in [-0.1, -0.05) is 17.7 Å². The van der Waals surface area contributed by atoms with E-state index in [1.807, 2.05) is 25.1 Å². The molecule has 3 nitrogen and oxygen atoms in total. The van der Waals surface area contributed by atoms with Crippen LogP contribution in [-0.4, -0.2) is 34.1 Å². The average Bonchev–Trinajstić information content (AvgIpc) is 2.69. The Morgan fingerprint density at radius 2 is 2.00 bits per heavy atom. The molecule has 1 unspecified atom stereocenters. The van der Waals surface area contributed by atoms with Crippen molar-refractivity contribution in [2.75, 3.05) is 14.1 Å². The maximum absolute atomic E-state index is 6.30. The average molecular weight is 314 g/mol. The highest BCUT2D eigenvalue weighted by Crippen LogP contribution is 2.30. The molecule has 1 heterocycles. The van der Waals surface area contributed by atoms with E-state index < -0.39 is 0 Å². The summed E-state index contributed by atoms with van der Waals surface area (Å²) in [6.45, 7) is 7.15. The third-order valence-electron chi connectivity index (χ3n) is 3.87. The van der Waals surface area contributed by atoms with Crippen LogP contribution in [0.2, 0.25) is 5.02 Å². The SMILES string of the molecule is CC(Cl)c1nc2c(Cl)cccc2n1CC(C)(C)N(C)C. The van der Waals surface area contributed by atoms with Gasteiger partial charge in [-0.25, -0.2) is 4.98 Å². The first-order chi connectivity index (χ1) is 9.24. The predicted molar refractivity (Wildman–Crippen MR) is 86.8 cm³/mol. The van der Waals surface area contributed by atoms with E-state index in [1.54, 1.807) is 0 Å². The van der Waals surface area contributed by atoms with Crippen molar-refractivity contribution in [2.45, 2.75) is 38.2 Å². The van der Waals surface area contributed by atoms with Crippen molar-refractivity contribution >= 4 is 34.2 Å². The van der Waals surface area contributed by atoms with Gasteiger partial charge < -0.3 is 9.47 Å². The van der Waals surface area contributed by atoms with Crippen LogP contribution in [0.1, 0.15) is 32.0 Å². The number of aromatic nitrogens is 2. The van der Waals surface area contributed by atoms with Crippen molar-refractivity contribution in [3.63, 3.8) is 0 Å². The van der Waals surface area contributed by atoms with Gasteiger partial charge in [0, 0.05) is 12.1 Å². The summed E-state index contributed by atoms with van der Waals surface area (Å²) in [5.41, 5.74) is 1.86. The van der Waals surface area contributed by atoms with Crippen LogP contribution in [0.3, 0.4) is 0 Å². The molecule has 0 radical (unpaired) electrons. The van der Waals surface area contributed by atoms with Gasteiger partial charge in [-0.05, 0) is 47.0 Å². The fourth-order valence-corrected chi connectivity index (χ4v) is 2.51. The number of alkyl halides is 1. The Morgan fingerprint density at radius 1 is 1.35 bits per heavy atom.